The lowest BCUT2D eigenvalue weighted by atomic mass is 10.2. The fraction of sp³-hybridized carbons (Fsp3) is 0.385. The number of benzene rings is 1. The Labute approximate surface area is 130 Å². The van der Waals surface area contributed by atoms with Crippen molar-refractivity contribution in [1.29, 1.82) is 5.41 Å². The van der Waals surface area contributed by atoms with Gasteiger partial charge in [0.2, 0.25) is 5.96 Å². The minimum Gasteiger partial charge on any atom is -0.370 e. The molecule has 5 nitrogen and oxygen atoms in total. The van der Waals surface area contributed by atoms with Gasteiger partial charge >= 0.3 is 0 Å². The van der Waals surface area contributed by atoms with E-state index >= 15 is 0 Å². The summed E-state index contributed by atoms with van der Waals surface area (Å²) in [5.74, 6) is -0.00833. The van der Waals surface area contributed by atoms with Crippen molar-refractivity contribution in [3.05, 3.63) is 34.9 Å². The topological polar surface area (TPSA) is 91.5 Å². The average molecular weight is 318 g/mol. The molecule has 1 aromatic rings. The summed E-state index contributed by atoms with van der Waals surface area (Å²) in [5.41, 5.74) is 11.7. The normalized spacial score (nSPS) is 9.50. The van der Waals surface area contributed by atoms with Gasteiger partial charge in [0.25, 0.3) is 0 Å². The van der Waals surface area contributed by atoms with E-state index in [1.165, 1.54) is 0 Å². The van der Waals surface area contributed by atoms with Crippen molar-refractivity contribution in [1.82, 2.24) is 4.90 Å². The first kappa shape index (κ1) is 18.5. The number of aliphatic imine (C=N–C) groups is 1. The van der Waals surface area contributed by atoms with Crippen LogP contribution in [-0.4, -0.2) is 23.4 Å². The zero-order chi connectivity index (χ0) is 14.3. The first-order chi connectivity index (χ1) is 9.02. The Hall–Kier alpha value is -1.46. The molecule has 0 amide bonds. The van der Waals surface area contributed by atoms with Gasteiger partial charge in [0.05, 0.1) is 0 Å². The zero-order valence-electron chi connectivity index (χ0n) is 11.5. The second-order valence-electron chi connectivity index (χ2n) is 4.26. The van der Waals surface area contributed by atoms with Crippen molar-refractivity contribution >= 4 is 35.9 Å². The summed E-state index contributed by atoms with van der Waals surface area (Å²) in [4.78, 5) is 5.64. The standard InChI is InChI=1S/C13H20ClN5.ClH/c1-2-3-8-19(13(17)18-12(15)16)9-10-4-6-11(14)7-5-10;/h4-7H,2-3,8-9H2,1H3,(H5,15,16,17,18);1H. The summed E-state index contributed by atoms with van der Waals surface area (Å²) in [7, 11) is 0. The summed E-state index contributed by atoms with van der Waals surface area (Å²) in [5, 5.41) is 8.60. The third kappa shape index (κ3) is 6.63. The average Bonchev–Trinajstić information content (AvgIpc) is 2.35. The maximum atomic E-state index is 7.90. The SMILES string of the molecule is CCCCN(Cc1ccc(Cl)cc1)C(=N)N=C(N)N.Cl. The van der Waals surface area contributed by atoms with E-state index in [1.807, 2.05) is 29.2 Å². The summed E-state index contributed by atoms with van der Waals surface area (Å²) in [6.07, 6.45) is 2.03. The van der Waals surface area contributed by atoms with E-state index in [1.54, 1.807) is 0 Å². The van der Waals surface area contributed by atoms with Gasteiger partial charge < -0.3 is 16.4 Å². The van der Waals surface area contributed by atoms with Gasteiger partial charge in [0.15, 0.2) is 5.96 Å². The van der Waals surface area contributed by atoms with Crippen molar-refractivity contribution in [2.24, 2.45) is 16.5 Å². The molecule has 0 aliphatic heterocycles. The molecule has 0 unspecified atom stereocenters. The van der Waals surface area contributed by atoms with Crippen LogP contribution in [0.15, 0.2) is 29.3 Å². The van der Waals surface area contributed by atoms with Crippen molar-refractivity contribution in [3.8, 4) is 0 Å². The lowest BCUT2D eigenvalue weighted by molar-refractivity contribution is 0.395. The number of nitrogens with one attached hydrogen (secondary N) is 1. The molecular formula is C13H21Cl2N5. The van der Waals surface area contributed by atoms with Gasteiger partial charge in [-0.15, -0.1) is 12.4 Å². The van der Waals surface area contributed by atoms with Gasteiger partial charge in [-0.1, -0.05) is 37.1 Å². The summed E-state index contributed by atoms with van der Waals surface area (Å²) < 4.78 is 0. The highest BCUT2D eigenvalue weighted by Gasteiger charge is 2.09. The number of hydrogen-bond acceptors (Lipinski definition) is 1. The van der Waals surface area contributed by atoms with Crippen LogP contribution >= 0.6 is 24.0 Å². The highest BCUT2D eigenvalue weighted by atomic mass is 35.5. The molecule has 0 fully saturated rings. The monoisotopic (exact) mass is 317 g/mol. The molecule has 0 bridgehead atoms. The van der Waals surface area contributed by atoms with Crippen LogP contribution in [0.1, 0.15) is 25.3 Å². The lowest BCUT2D eigenvalue weighted by Crippen LogP contribution is -2.33. The first-order valence-corrected chi connectivity index (χ1v) is 6.58. The van der Waals surface area contributed by atoms with Crippen LogP contribution in [0.25, 0.3) is 0 Å². The molecule has 0 aliphatic rings. The second-order valence-corrected chi connectivity index (χ2v) is 4.70. The lowest BCUT2D eigenvalue weighted by Gasteiger charge is -2.22. The first-order valence-electron chi connectivity index (χ1n) is 6.20. The van der Waals surface area contributed by atoms with Gasteiger partial charge in [0, 0.05) is 18.1 Å². The van der Waals surface area contributed by atoms with Gasteiger partial charge in [0.1, 0.15) is 0 Å². The molecule has 5 N–H and O–H groups in total. The minimum absolute atomic E-state index is 0. The van der Waals surface area contributed by atoms with E-state index in [4.69, 9.17) is 28.5 Å². The molecule has 1 aromatic carbocycles. The Morgan fingerprint density at radius 3 is 2.40 bits per heavy atom. The van der Waals surface area contributed by atoms with Gasteiger partial charge in [-0.05, 0) is 24.1 Å². The van der Waals surface area contributed by atoms with Crippen molar-refractivity contribution in [2.75, 3.05) is 6.54 Å². The Balaban J connectivity index is 0.00000361. The van der Waals surface area contributed by atoms with E-state index in [-0.39, 0.29) is 24.3 Å². The molecule has 0 saturated carbocycles. The van der Waals surface area contributed by atoms with Gasteiger partial charge in [-0.3, -0.25) is 5.41 Å². The van der Waals surface area contributed by atoms with Crippen molar-refractivity contribution in [3.63, 3.8) is 0 Å². The van der Waals surface area contributed by atoms with Gasteiger partial charge in [-0.2, -0.15) is 4.99 Å². The van der Waals surface area contributed by atoms with Crippen LogP contribution in [-0.2, 0) is 6.54 Å². The predicted octanol–water partition coefficient (Wildman–Crippen LogP) is 2.57. The van der Waals surface area contributed by atoms with Crippen molar-refractivity contribution < 1.29 is 0 Å². The van der Waals surface area contributed by atoms with E-state index in [0.29, 0.717) is 11.6 Å². The maximum Gasteiger partial charge on any atom is 0.221 e. The van der Waals surface area contributed by atoms with Crippen molar-refractivity contribution in [2.45, 2.75) is 26.3 Å². The number of nitrogens with two attached hydrogens (primary N) is 2. The Kier molecular flexibility index (Phi) is 8.76. The molecule has 112 valence electrons. The van der Waals surface area contributed by atoms with E-state index in [9.17, 15) is 0 Å². The Morgan fingerprint density at radius 2 is 1.90 bits per heavy atom. The third-order valence-corrected chi connectivity index (χ3v) is 2.85. The van der Waals surface area contributed by atoms with Crippen LogP contribution < -0.4 is 11.5 Å². The minimum atomic E-state index is -0.0948. The Morgan fingerprint density at radius 1 is 1.30 bits per heavy atom. The van der Waals surface area contributed by atoms with Crippen LogP contribution in [0.3, 0.4) is 0 Å². The molecule has 0 atom stereocenters. The quantitative estimate of drug-likeness (QED) is 0.575. The molecule has 0 saturated heterocycles. The number of guanidine groups is 2. The van der Waals surface area contributed by atoms with E-state index in [0.717, 1.165) is 24.9 Å². The van der Waals surface area contributed by atoms with Gasteiger partial charge in [-0.25, -0.2) is 0 Å². The summed E-state index contributed by atoms with van der Waals surface area (Å²) in [6.45, 7) is 3.44. The van der Waals surface area contributed by atoms with Crippen LogP contribution in [0.5, 0.6) is 0 Å². The number of halogens is 2. The number of hydrogen-bond donors (Lipinski definition) is 3. The highest BCUT2D eigenvalue weighted by molar-refractivity contribution is 6.30. The Bertz CT molecular complexity index is 441. The molecule has 0 radical (unpaired) electrons. The second kappa shape index (κ2) is 9.44. The zero-order valence-corrected chi connectivity index (χ0v) is 13.0. The largest absolute Gasteiger partial charge is 0.370 e. The fourth-order valence-corrected chi connectivity index (χ4v) is 1.74. The molecule has 20 heavy (non-hydrogen) atoms. The van der Waals surface area contributed by atoms with E-state index in [2.05, 4.69) is 11.9 Å². The molecule has 7 heteroatoms. The molecule has 1 rings (SSSR count). The molecular weight excluding hydrogens is 297 g/mol. The number of nitrogens with zero attached hydrogens (tertiary/aromatic N) is 2. The summed E-state index contributed by atoms with van der Waals surface area (Å²) in [6, 6.07) is 7.53. The summed E-state index contributed by atoms with van der Waals surface area (Å²) >= 11 is 5.85. The van der Waals surface area contributed by atoms with E-state index < -0.39 is 0 Å². The maximum absolute atomic E-state index is 7.90. The highest BCUT2D eigenvalue weighted by Crippen LogP contribution is 2.12. The molecule has 0 aromatic heterocycles. The smallest absolute Gasteiger partial charge is 0.221 e. The van der Waals surface area contributed by atoms with Crippen LogP contribution in [0.2, 0.25) is 5.02 Å². The fourth-order valence-electron chi connectivity index (χ4n) is 1.61. The predicted molar refractivity (Wildman–Crippen MR) is 87.6 cm³/mol. The van der Waals surface area contributed by atoms with Crippen LogP contribution in [0.4, 0.5) is 0 Å². The number of unbranched alkanes of at least 4 members (excludes halogenated alkanes) is 1. The van der Waals surface area contributed by atoms with Crippen LogP contribution in [0, 0.1) is 5.41 Å². The molecule has 0 heterocycles. The molecule has 0 aliphatic carbocycles. The number of rotatable bonds is 5. The molecule has 0 spiro atoms. The third-order valence-electron chi connectivity index (χ3n) is 2.60.